The zero-order valence-electron chi connectivity index (χ0n) is 14.0. The van der Waals surface area contributed by atoms with Crippen molar-refractivity contribution in [1.82, 2.24) is 5.32 Å². The number of fused-ring (bicyclic) bond motifs is 2. The van der Waals surface area contributed by atoms with Gasteiger partial charge in [-0.05, 0) is 37.5 Å². The summed E-state index contributed by atoms with van der Waals surface area (Å²) in [6.45, 7) is 2.49. The Morgan fingerprint density at radius 3 is 2.88 bits per heavy atom. The number of ketones is 1. The van der Waals surface area contributed by atoms with Crippen LogP contribution in [0.3, 0.4) is 0 Å². The Morgan fingerprint density at radius 1 is 1.20 bits per heavy atom. The summed E-state index contributed by atoms with van der Waals surface area (Å²) in [6, 6.07) is 5.75. The number of hydrogen-bond donors (Lipinski definition) is 1. The fraction of sp³-hybridized carbons (Fsp3) is 0.368. The molecule has 2 aliphatic rings. The number of ether oxygens (including phenoxy) is 2. The Balaban J connectivity index is 1.40. The Kier molecular flexibility index (Phi) is 3.95. The van der Waals surface area contributed by atoms with Gasteiger partial charge in [-0.2, -0.15) is 0 Å². The molecule has 2 aromatic rings. The summed E-state index contributed by atoms with van der Waals surface area (Å²) >= 11 is 0. The number of Topliss-reactive ketones (excluding diaryl/α,β-unsaturated/α-hetero) is 1. The highest BCUT2D eigenvalue weighted by Gasteiger charge is 2.28. The molecule has 0 radical (unpaired) electrons. The molecule has 0 unspecified atom stereocenters. The van der Waals surface area contributed by atoms with Crippen LogP contribution in [0.4, 0.5) is 0 Å². The largest absolute Gasteiger partial charge is 0.455 e. The second-order valence-electron chi connectivity index (χ2n) is 6.32. The molecule has 1 N–H and O–H groups in total. The fourth-order valence-electron chi connectivity index (χ4n) is 3.36. The Hall–Kier alpha value is -2.76. The minimum Gasteiger partial charge on any atom is -0.455 e. The first kappa shape index (κ1) is 15.7. The van der Waals surface area contributed by atoms with Gasteiger partial charge < -0.3 is 19.2 Å². The number of benzene rings is 1. The third kappa shape index (κ3) is 2.88. The molecule has 130 valence electrons. The van der Waals surface area contributed by atoms with E-state index in [1.807, 2.05) is 18.2 Å². The van der Waals surface area contributed by atoms with E-state index in [1.165, 1.54) is 0 Å². The number of amides is 1. The van der Waals surface area contributed by atoms with Gasteiger partial charge >= 0.3 is 0 Å². The average molecular weight is 341 g/mol. The SMILES string of the molecule is Cc1c(C(=O)NCCc2ccc3c(c2)OCO3)oc2c1C(=O)CCC2. The molecule has 2 heterocycles. The summed E-state index contributed by atoms with van der Waals surface area (Å²) in [5, 5.41) is 2.86. The average Bonchev–Trinajstić information content (AvgIpc) is 3.19. The zero-order chi connectivity index (χ0) is 17.4. The number of hydrogen-bond acceptors (Lipinski definition) is 5. The molecule has 1 aliphatic carbocycles. The summed E-state index contributed by atoms with van der Waals surface area (Å²) in [5.74, 6) is 2.18. The smallest absolute Gasteiger partial charge is 0.287 e. The minimum absolute atomic E-state index is 0.0712. The van der Waals surface area contributed by atoms with Gasteiger partial charge in [0.15, 0.2) is 23.0 Å². The monoisotopic (exact) mass is 341 g/mol. The van der Waals surface area contributed by atoms with Crippen molar-refractivity contribution in [3.8, 4) is 11.5 Å². The van der Waals surface area contributed by atoms with Gasteiger partial charge in [0.05, 0.1) is 5.56 Å². The lowest BCUT2D eigenvalue weighted by atomic mass is 9.94. The maximum absolute atomic E-state index is 12.4. The van der Waals surface area contributed by atoms with Crippen LogP contribution >= 0.6 is 0 Å². The first-order valence-corrected chi connectivity index (χ1v) is 8.45. The predicted molar refractivity (Wildman–Crippen MR) is 89.3 cm³/mol. The molecule has 0 spiro atoms. The molecule has 0 bridgehead atoms. The lowest BCUT2D eigenvalue weighted by Gasteiger charge is -2.07. The molecule has 0 fully saturated rings. The third-order valence-corrected chi connectivity index (χ3v) is 4.65. The van der Waals surface area contributed by atoms with Crippen LogP contribution in [-0.4, -0.2) is 25.0 Å². The van der Waals surface area contributed by atoms with E-state index < -0.39 is 0 Å². The summed E-state index contributed by atoms with van der Waals surface area (Å²) < 4.78 is 16.3. The molecule has 4 rings (SSSR count). The highest BCUT2D eigenvalue weighted by molar-refractivity contribution is 6.03. The van der Waals surface area contributed by atoms with E-state index in [1.54, 1.807) is 6.92 Å². The number of furan rings is 1. The van der Waals surface area contributed by atoms with Crippen LogP contribution < -0.4 is 14.8 Å². The second kappa shape index (κ2) is 6.27. The number of carbonyl (C=O) groups excluding carboxylic acids is 2. The first-order valence-electron chi connectivity index (χ1n) is 8.45. The van der Waals surface area contributed by atoms with E-state index in [0.29, 0.717) is 42.7 Å². The van der Waals surface area contributed by atoms with Crippen LogP contribution in [-0.2, 0) is 12.8 Å². The topological polar surface area (TPSA) is 77.8 Å². The maximum atomic E-state index is 12.4. The standard InChI is InChI=1S/C19H19NO5/c1-11-17-13(21)3-2-4-15(17)25-18(11)19(22)20-8-7-12-5-6-14-16(9-12)24-10-23-14/h5-6,9H,2-4,7-8,10H2,1H3,(H,20,22). The molecule has 25 heavy (non-hydrogen) atoms. The van der Waals surface area contributed by atoms with Gasteiger partial charge in [0, 0.05) is 24.9 Å². The van der Waals surface area contributed by atoms with E-state index in [0.717, 1.165) is 23.5 Å². The van der Waals surface area contributed by atoms with Crippen molar-refractivity contribution in [3.05, 3.63) is 46.4 Å². The van der Waals surface area contributed by atoms with Gasteiger partial charge in [0.2, 0.25) is 6.79 Å². The summed E-state index contributed by atoms with van der Waals surface area (Å²) in [5.41, 5.74) is 2.31. The van der Waals surface area contributed by atoms with E-state index in [4.69, 9.17) is 13.9 Å². The van der Waals surface area contributed by atoms with Crippen molar-refractivity contribution in [2.24, 2.45) is 0 Å². The molecular formula is C19H19NO5. The van der Waals surface area contributed by atoms with Crippen molar-refractivity contribution in [2.45, 2.75) is 32.6 Å². The fourth-order valence-corrected chi connectivity index (χ4v) is 3.36. The maximum Gasteiger partial charge on any atom is 0.287 e. The molecule has 1 amide bonds. The molecule has 0 saturated heterocycles. The summed E-state index contributed by atoms with van der Waals surface area (Å²) in [7, 11) is 0. The lowest BCUT2D eigenvalue weighted by Crippen LogP contribution is -2.26. The number of carbonyl (C=O) groups is 2. The minimum atomic E-state index is -0.277. The van der Waals surface area contributed by atoms with E-state index in [-0.39, 0.29) is 24.2 Å². The number of rotatable bonds is 4. The normalized spacial score (nSPS) is 15.2. The van der Waals surface area contributed by atoms with E-state index >= 15 is 0 Å². The van der Waals surface area contributed by atoms with Crippen molar-refractivity contribution < 1.29 is 23.5 Å². The van der Waals surface area contributed by atoms with Crippen LogP contribution in [0.15, 0.2) is 22.6 Å². The van der Waals surface area contributed by atoms with Gasteiger partial charge in [-0.25, -0.2) is 0 Å². The highest BCUT2D eigenvalue weighted by atomic mass is 16.7. The van der Waals surface area contributed by atoms with Gasteiger partial charge in [0.25, 0.3) is 5.91 Å². The lowest BCUT2D eigenvalue weighted by molar-refractivity contribution is 0.0920. The van der Waals surface area contributed by atoms with Crippen molar-refractivity contribution in [1.29, 1.82) is 0 Å². The number of nitrogens with one attached hydrogen (secondary N) is 1. The molecule has 1 aromatic carbocycles. The Bertz CT molecular complexity index is 852. The van der Waals surface area contributed by atoms with Crippen molar-refractivity contribution >= 4 is 11.7 Å². The van der Waals surface area contributed by atoms with E-state index in [9.17, 15) is 9.59 Å². The quantitative estimate of drug-likeness (QED) is 0.925. The van der Waals surface area contributed by atoms with Crippen LogP contribution in [0.25, 0.3) is 0 Å². The Morgan fingerprint density at radius 2 is 2.04 bits per heavy atom. The van der Waals surface area contributed by atoms with Crippen LogP contribution in [0.1, 0.15) is 50.6 Å². The predicted octanol–water partition coefficient (Wildman–Crippen LogP) is 2.81. The molecule has 6 nitrogen and oxygen atoms in total. The molecule has 0 atom stereocenters. The van der Waals surface area contributed by atoms with Gasteiger partial charge in [-0.3, -0.25) is 9.59 Å². The Labute approximate surface area is 145 Å². The van der Waals surface area contributed by atoms with E-state index in [2.05, 4.69) is 5.32 Å². The van der Waals surface area contributed by atoms with Gasteiger partial charge in [-0.1, -0.05) is 6.07 Å². The molecular weight excluding hydrogens is 322 g/mol. The molecule has 6 heteroatoms. The van der Waals surface area contributed by atoms with Gasteiger partial charge in [0.1, 0.15) is 5.76 Å². The van der Waals surface area contributed by atoms with Crippen LogP contribution in [0.2, 0.25) is 0 Å². The molecule has 0 saturated carbocycles. The zero-order valence-corrected chi connectivity index (χ0v) is 14.0. The number of aryl methyl sites for hydroxylation is 1. The highest BCUT2D eigenvalue weighted by Crippen LogP contribution is 2.32. The van der Waals surface area contributed by atoms with Crippen LogP contribution in [0, 0.1) is 6.92 Å². The molecule has 1 aromatic heterocycles. The van der Waals surface area contributed by atoms with Crippen molar-refractivity contribution in [2.75, 3.05) is 13.3 Å². The third-order valence-electron chi connectivity index (χ3n) is 4.65. The van der Waals surface area contributed by atoms with Crippen molar-refractivity contribution in [3.63, 3.8) is 0 Å². The van der Waals surface area contributed by atoms with Gasteiger partial charge in [-0.15, -0.1) is 0 Å². The summed E-state index contributed by atoms with van der Waals surface area (Å²) in [6.07, 6.45) is 2.69. The molecule has 1 aliphatic heterocycles. The first-order chi connectivity index (χ1) is 12.1. The van der Waals surface area contributed by atoms with Crippen LogP contribution in [0.5, 0.6) is 11.5 Å². The second-order valence-corrected chi connectivity index (χ2v) is 6.32. The summed E-state index contributed by atoms with van der Waals surface area (Å²) in [4.78, 5) is 24.4.